The second-order valence-corrected chi connectivity index (χ2v) is 12.9. The molecule has 11 nitrogen and oxygen atoms in total. The molecule has 3 heterocycles. The maximum Gasteiger partial charge on any atom is 0.407 e. The molecule has 0 bridgehead atoms. The van der Waals surface area contributed by atoms with Crippen LogP contribution in [0, 0.1) is 11.2 Å². The van der Waals surface area contributed by atoms with Crippen molar-refractivity contribution in [1.29, 1.82) is 0 Å². The van der Waals surface area contributed by atoms with Crippen molar-refractivity contribution in [3.05, 3.63) is 62.7 Å². The number of carbonyl (C=O) groups is 3. The van der Waals surface area contributed by atoms with Gasteiger partial charge >= 0.3 is 6.09 Å². The first-order valence-corrected chi connectivity index (χ1v) is 14.3. The SMILES string of the molecule is CC(C)(C)C(=O)Nc1cc(Cl)c(Cl)nc1CC1C2=C(CN(C(=O)O)C2)CN1C(=O)c1ccc(S(N)(=O)=O)cc1F. The molecule has 0 radical (unpaired) electrons. The van der Waals surface area contributed by atoms with Gasteiger partial charge in [-0.25, -0.2) is 27.7 Å². The first kappa shape index (κ1) is 29.7. The van der Waals surface area contributed by atoms with Crippen LogP contribution in [-0.4, -0.2) is 71.9 Å². The van der Waals surface area contributed by atoms with Gasteiger partial charge in [0.05, 0.1) is 32.9 Å². The molecule has 0 saturated heterocycles. The average molecular weight is 614 g/mol. The number of nitrogens with zero attached hydrogens (tertiary/aromatic N) is 3. The van der Waals surface area contributed by atoms with E-state index in [4.69, 9.17) is 28.3 Å². The predicted octanol–water partition coefficient (Wildman–Crippen LogP) is 3.52. The summed E-state index contributed by atoms with van der Waals surface area (Å²) in [6, 6.07) is 3.40. The number of hydrogen-bond donors (Lipinski definition) is 3. The number of halogens is 3. The van der Waals surface area contributed by atoms with Gasteiger partial charge in [0, 0.05) is 31.5 Å². The van der Waals surface area contributed by atoms with Crippen molar-refractivity contribution in [2.75, 3.05) is 25.0 Å². The predicted molar refractivity (Wildman–Crippen MR) is 145 cm³/mol. The van der Waals surface area contributed by atoms with E-state index in [-0.39, 0.29) is 53.5 Å². The Morgan fingerprint density at radius 2 is 1.85 bits per heavy atom. The van der Waals surface area contributed by atoms with Crippen LogP contribution in [0.15, 0.2) is 40.3 Å². The standard InChI is InChI=1S/C25H26Cl2FN5O6S/c1-25(2,3)23(35)31-18-7-16(26)21(27)30-19(18)8-20-15-11-32(24(36)37)9-12(15)10-33(20)22(34)14-5-4-13(6-17(14)28)40(29,38)39/h4-7,20H,8-11H2,1-3H3,(H,31,35)(H,36,37)(H2,29,38,39). The van der Waals surface area contributed by atoms with E-state index >= 15 is 0 Å². The molecule has 4 N–H and O–H groups in total. The third kappa shape index (κ3) is 5.92. The van der Waals surface area contributed by atoms with Gasteiger partial charge in [-0.1, -0.05) is 44.0 Å². The number of nitrogens with one attached hydrogen (secondary N) is 1. The van der Waals surface area contributed by atoms with Gasteiger partial charge in [-0.05, 0) is 35.4 Å². The quantitative estimate of drug-likeness (QED) is 0.343. The second kappa shape index (κ2) is 10.6. The van der Waals surface area contributed by atoms with Crippen LogP contribution in [0.1, 0.15) is 36.8 Å². The van der Waals surface area contributed by atoms with Crippen LogP contribution in [0.2, 0.25) is 10.2 Å². The summed E-state index contributed by atoms with van der Waals surface area (Å²) in [6.45, 7) is 5.23. The Balaban J connectivity index is 1.74. The summed E-state index contributed by atoms with van der Waals surface area (Å²) in [5.41, 5.74) is 0.690. The minimum atomic E-state index is -4.20. The summed E-state index contributed by atoms with van der Waals surface area (Å²) in [5, 5.41) is 17.4. The van der Waals surface area contributed by atoms with Crippen molar-refractivity contribution in [3.8, 4) is 0 Å². The third-order valence-corrected chi connectivity index (χ3v) is 8.28. The Bertz CT molecular complexity index is 1570. The molecule has 0 fully saturated rings. The molecule has 1 unspecified atom stereocenters. The highest BCUT2D eigenvalue weighted by Gasteiger charge is 2.42. The van der Waals surface area contributed by atoms with Crippen molar-refractivity contribution in [3.63, 3.8) is 0 Å². The zero-order valence-corrected chi connectivity index (χ0v) is 24.0. The molecular weight excluding hydrogens is 588 g/mol. The van der Waals surface area contributed by atoms with Gasteiger partial charge in [-0.15, -0.1) is 0 Å². The Morgan fingerprint density at radius 1 is 1.18 bits per heavy atom. The lowest BCUT2D eigenvalue weighted by molar-refractivity contribution is -0.123. The van der Waals surface area contributed by atoms with Crippen LogP contribution in [-0.2, 0) is 21.2 Å². The molecule has 0 aliphatic carbocycles. The Kier molecular flexibility index (Phi) is 7.89. The third-order valence-electron chi connectivity index (χ3n) is 6.70. The van der Waals surface area contributed by atoms with Gasteiger partial charge < -0.3 is 20.2 Å². The van der Waals surface area contributed by atoms with Gasteiger partial charge in [0.1, 0.15) is 11.0 Å². The molecule has 0 saturated carbocycles. The van der Waals surface area contributed by atoms with Crippen LogP contribution >= 0.6 is 23.2 Å². The number of carboxylic acid groups (broad SMARTS) is 1. The second-order valence-electron chi connectivity index (χ2n) is 10.6. The number of nitrogens with two attached hydrogens (primary N) is 1. The van der Waals surface area contributed by atoms with E-state index in [1.165, 1.54) is 15.9 Å². The van der Waals surface area contributed by atoms with Crippen LogP contribution in [0.25, 0.3) is 0 Å². The van der Waals surface area contributed by atoms with E-state index < -0.39 is 49.8 Å². The summed E-state index contributed by atoms with van der Waals surface area (Å²) >= 11 is 12.4. The fourth-order valence-electron chi connectivity index (χ4n) is 4.54. The molecule has 1 atom stereocenters. The number of amides is 3. The Hall–Kier alpha value is -3.26. The molecule has 1 aromatic heterocycles. The van der Waals surface area contributed by atoms with E-state index in [0.29, 0.717) is 17.2 Å². The Morgan fingerprint density at radius 3 is 2.42 bits per heavy atom. The van der Waals surface area contributed by atoms with E-state index in [9.17, 15) is 32.3 Å². The summed E-state index contributed by atoms with van der Waals surface area (Å²) in [7, 11) is -4.20. The summed E-state index contributed by atoms with van der Waals surface area (Å²) in [6.07, 6.45) is -1.15. The molecule has 40 heavy (non-hydrogen) atoms. The van der Waals surface area contributed by atoms with Crippen LogP contribution in [0.4, 0.5) is 14.9 Å². The lowest BCUT2D eigenvalue weighted by Crippen LogP contribution is -2.43. The summed E-state index contributed by atoms with van der Waals surface area (Å²) in [5.74, 6) is -2.16. The van der Waals surface area contributed by atoms with E-state index in [1.807, 2.05) is 0 Å². The Labute approximate surface area is 239 Å². The minimum absolute atomic E-state index is 0.00397. The molecule has 214 valence electrons. The number of hydrogen-bond acceptors (Lipinski definition) is 6. The zero-order valence-electron chi connectivity index (χ0n) is 21.7. The number of pyridine rings is 1. The fraction of sp³-hybridized carbons (Fsp3) is 0.360. The molecule has 0 spiro atoms. The number of sulfonamides is 1. The smallest absolute Gasteiger partial charge is 0.407 e. The lowest BCUT2D eigenvalue weighted by Gasteiger charge is -2.30. The molecular formula is C25H26Cl2FN5O6S. The zero-order chi connectivity index (χ0) is 29.7. The van der Waals surface area contributed by atoms with Crippen molar-refractivity contribution in [1.82, 2.24) is 14.8 Å². The largest absolute Gasteiger partial charge is 0.465 e. The number of anilines is 1. The van der Waals surface area contributed by atoms with Gasteiger partial charge in [0.15, 0.2) is 0 Å². The van der Waals surface area contributed by atoms with Gasteiger partial charge in [-0.2, -0.15) is 0 Å². The highest BCUT2D eigenvalue weighted by atomic mass is 35.5. The monoisotopic (exact) mass is 613 g/mol. The van der Waals surface area contributed by atoms with Crippen molar-refractivity contribution >= 4 is 56.8 Å². The first-order valence-electron chi connectivity index (χ1n) is 12.0. The van der Waals surface area contributed by atoms with Crippen LogP contribution in [0.3, 0.4) is 0 Å². The summed E-state index contributed by atoms with van der Waals surface area (Å²) in [4.78, 5) is 44.4. The summed E-state index contributed by atoms with van der Waals surface area (Å²) < 4.78 is 38.2. The maximum atomic E-state index is 15.0. The van der Waals surface area contributed by atoms with E-state index in [0.717, 1.165) is 12.1 Å². The fourth-order valence-corrected chi connectivity index (χ4v) is 5.38. The normalized spacial score (nSPS) is 17.3. The van der Waals surface area contributed by atoms with Crippen molar-refractivity contribution < 1.29 is 32.3 Å². The number of primary sulfonamides is 1. The van der Waals surface area contributed by atoms with Crippen molar-refractivity contribution in [2.45, 2.75) is 38.1 Å². The van der Waals surface area contributed by atoms with Crippen LogP contribution < -0.4 is 10.5 Å². The molecule has 3 amide bonds. The van der Waals surface area contributed by atoms with E-state index in [1.54, 1.807) is 20.8 Å². The molecule has 15 heteroatoms. The minimum Gasteiger partial charge on any atom is -0.465 e. The van der Waals surface area contributed by atoms with E-state index in [2.05, 4.69) is 10.3 Å². The first-order chi connectivity index (χ1) is 18.5. The number of rotatable bonds is 5. The average Bonchev–Trinajstić information content (AvgIpc) is 3.40. The highest BCUT2D eigenvalue weighted by Crippen LogP contribution is 2.37. The number of carbonyl (C=O) groups excluding carboxylic acids is 2. The molecule has 2 aliphatic heterocycles. The number of benzene rings is 1. The maximum absolute atomic E-state index is 15.0. The topological polar surface area (TPSA) is 163 Å². The molecule has 2 aliphatic rings. The number of aromatic nitrogens is 1. The van der Waals surface area contributed by atoms with Gasteiger partial charge in [0.2, 0.25) is 15.9 Å². The highest BCUT2D eigenvalue weighted by molar-refractivity contribution is 7.89. The molecule has 2 aromatic rings. The van der Waals surface area contributed by atoms with Crippen LogP contribution in [0.5, 0.6) is 0 Å². The molecule has 4 rings (SSSR count). The lowest BCUT2D eigenvalue weighted by atomic mass is 9.95. The van der Waals surface area contributed by atoms with Gasteiger partial charge in [-0.3, -0.25) is 9.59 Å². The van der Waals surface area contributed by atoms with Crippen molar-refractivity contribution in [2.24, 2.45) is 10.6 Å². The molecule has 1 aromatic carbocycles. The van der Waals surface area contributed by atoms with Gasteiger partial charge in [0.25, 0.3) is 5.91 Å².